The average Bonchev–Trinajstić information content (AvgIpc) is 2.85. The van der Waals surface area contributed by atoms with E-state index in [1.807, 2.05) is 0 Å². The van der Waals surface area contributed by atoms with Gasteiger partial charge in [0.1, 0.15) is 12.9 Å². The molecule has 0 aromatic carbocycles. The minimum Gasteiger partial charge on any atom is -0.399 e. The Bertz CT molecular complexity index is 542. The lowest BCUT2D eigenvalue weighted by Crippen LogP contribution is -2.53. The van der Waals surface area contributed by atoms with Crippen LogP contribution in [0.2, 0.25) is 0 Å². The zero-order valence-corrected chi connectivity index (χ0v) is 14.9. The highest BCUT2D eigenvalue weighted by Gasteiger charge is 2.59. The highest BCUT2D eigenvalue weighted by atomic mass is 16.6. The SMILES string of the molecule is CON=C1CCC2C3CC[C@H]4CC(=O)CC[C@]4(C)C3CC[C@]12C. The average molecular weight is 317 g/mol. The molecule has 3 unspecified atom stereocenters. The number of carbonyl (C=O) groups excluding carboxylic acids is 1. The van der Waals surface area contributed by atoms with Crippen molar-refractivity contribution in [3.63, 3.8) is 0 Å². The number of fused-ring (bicyclic) bond motifs is 5. The molecule has 4 fully saturated rings. The number of Topliss-reactive ketones (excluding diaryl/α,β-unsaturated/α-hetero) is 1. The third kappa shape index (κ3) is 2.14. The maximum absolute atomic E-state index is 11.9. The Kier molecular flexibility index (Phi) is 3.62. The highest BCUT2D eigenvalue weighted by Crippen LogP contribution is 2.65. The molecule has 3 nitrogen and oxygen atoms in total. The molecular formula is C20H31NO2. The smallest absolute Gasteiger partial charge is 0.133 e. The summed E-state index contributed by atoms with van der Waals surface area (Å²) in [5.74, 6) is 3.62. The summed E-state index contributed by atoms with van der Waals surface area (Å²) in [6.45, 7) is 4.96. The molecule has 23 heavy (non-hydrogen) atoms. The normalized spacial score (nSPS) is 51.1. The lowest BCUT2D eigenvalue weighted by Gasteiger charge is -2.59. The van der Waals surface area contributed by atoms with Gasteiger partial charge in [-0.1, -0.05) is 19.0 Å². The number of ketones is 1. The summed E-state index contributed by atoms with van der Waals surface area (Å²) in [6, 6.07) is 0. The van der Waals surface area contributed by atoms with Gasteiger partial charge in [0.25, 0.3) is 0 Å². The Morgan fingerprint density at radius 3 is 2.65 bits per heavy atom. The molecule has 4 aliphatic rings. The van der Waals surface area contributed by atoms with Crippen LogP contribution >= 0.6 is 0 Å². The summed E-state index contributed by atoms with van der Waals surface area (Å²) < 4.78 is 0. The van der Waals surface area contributed by atoms with E-state index in [1.54, 1.807) is 7.11 Å². The van der Waals surface area contributed by atoms with Gasteiger partial charge in [-0.05, 0) is 74.0 Å². The second-order valence-corrected chi connectivity index (χ2v) is 9.12. The van der Waals surface area contributed by atoms with Crippen LogP contribution in [-0.2, 0) is 9.63 Å². The first kappa shape index (κ1) is 15.7. The maximum atomic E-state index is 11.9. The standard InChI is InChI=1S/C20H31NO2/c1-19-10-8-14(22)12-13(19)4-5-15-16-6-7-18(21-23-3)20(16,2)11-9-17(15)19/h13,15-17H,4-12H2,1-3H3/t13-,15?,16?,17?,19-,20-/m0/s1. The number of hydrogen-bond donors (Lipinski definition) is 0. The van der Waals surface area contributed by atoms with Gasteiger partial charge in [-0.3, -0.25) is 4.79 Å². The molecule has 0 radical (unpaired) electrons. The zero-order chi connectivity index (χ0) is 16.2. The molecule has 0 aliphatic heterocycles. The maximum Gasteiger partial charge on any atom is 0.133 e. The third-order valence-electron chi connectivity index (χ3n) is 8.42. The van der Waals surface area contributed by atoms with Gasteiger partial charge in [-0.2, -0.15) is 0 Å². The van der Waals surface area contributed by atoms with E-state index in [-0.39, 0.29) is 5.41 Å². The number of rotatable bonds is 1. The molecule has 0 aromatic heterocycles. The van der Waals surface area contributed by atoms with E-state index in [2.05, 4.69) is 19.0 Å². The van der Waals surface area contributed by atoms with E-state index in [4.69, 9.17) is 4.84 Å². The Balaban J connectivity index is 1.63. The predicted molar refractivity (Wildman–Crippen MR) is 91.2 cm³/mol. The topological polar surface area (TPSA) is 38.7 Å². The van der Waals surface area contributed by atoms with Gasteiger partial charge >= 0.3 is 0 Å². The van der Waals surface area contributed by atoms with Crippen molar-refractivity contribution < 1.29 is 9.63 Å². The van der Waals surface area contributed by atoms with Crippen molar-refractivity contribution in [2.75, 3.05) is 7.11 Å². The van der Waals surface area contributed by atoms with Gasteiger partial charge < -0.3 is 4.84 Å². The monoisotopic (exact) mass is 317 g/mol. The quantitative estimate of drug-likeness (QED) is 0.663. The van der Waals surface area contributed by atoms with Crippen LogP contribution in [0.3, 0.4) is 0 Å². The molecule has 4 saturated carbocycles. The molecular weight excluding hydrogens is 286 g/mol. The van der Waals surface area contributed by atoms with E-state index >= 15 is 0 Å². The van der Waals surface area contributed by atoms with Gasteiger partial charge in [-0.15, -0.1) is 0 Å². The molecule has 3 heteroatoms. The van der Waals surface area contributed by atoms with Crippen molar-refractivity contribution in [3.05, 3.63) is 0 Å². The first-order valence-electron chi connectivity index (χ1n) is 9.61. The molecule has 4 rings (SSSR count). The fourth-order valence-corrected chi connectivity index (χ4v) is 7.09. The largest absolute Gasteiger partial charge is 0.399 e. The second-order valence-electron chi connectivity index (χ2n) is 9.12. The Morgan fingerprint density at radius 2 is 1.87 bits per heavy atom. The van der Waals surface area contributed by atoms with Crippen LogP contribution in [0.4, 0.5) is 0 Å². The van der Waals surface area contributed by atoms with Gasteiger partial charge in [0, 0.05) is 18.3 Å². The lowest BCUT2D eigenvalue weighted by molar-refractivity contribution is -0.136. The molecule has 0 N–H and O–H groups in total. The molecule has 0 saturated heterocycles. The molecule has 0 bridgehead atoms. The first-order chi connectivity index (χ1) is 11.0. The highest BCUT2D eigenvalue weighted by molar-refractivity contribution is 5.92. The molecule has 0 amide bonds. The van der Waals surface area contributed by atoms with E-state index in [0.717, 1.165) is 43.4 Å². The predicted octanol–water partition coefficient (Wildman–Crippen LogP) is 4.60. The molecule has 4 aliphatic carbocycles. The minimum absolute atomic E-state index is 0.269. The fourth-order valence-electron chi connectivity index (χ4n) is 7.09. The van der Waals surface area contributed by atoms with Crippen LogP contribution in [0.5, 0.6) is 0 Å². The summed E-state index contributed by atoms with van der Waals surface area (Å²) in [5.41, 5.74) is 2.00. The third-order valence-corrected chi connectivity index (χ3v) is 8.42. The Hall–Kier alpha value is -0.860. The Labute approximate surface area is 140 Å². The summed E-state index contributed by atoms with van der Waals surface area (Å²) in [7, 11) is 1.68. The number of oxime groups is 1. The fraction of sp³-hybridized carbons (Fsp3) is 0.900. The van der Waals surface area contributed by atoms with E-state index in [9.17, 15) is 4.79 Å². The molecule has 0 spiro atoms. The van der Waals surface area contributed by atoms with E-state index in [0.29, 0.717) is 17.1 Å². The number of carbonyl (C=O) groups is 1. The molecule has 0 aromatic rings. The summed E-state index contributed by atoms with van der Waals surface area (Å²) in [5, 5.41) is 4.40. The van der Waals surface area contributed by atoms with Crippen molar-refractivity contribution in [2.45, 2.75) is 71.6 Å². The van der Waals surface area contributed by atoms with Gasteiger partial charge in [0.05, 0.1) is 5.71 Å². The summed E-state index contributed by atoms with van der Waals surface area (Å²) >= 11 is 0. The van der Waals surface area contributed by atoms with Gasteiger partial charge in [-0.25, -0.2) is 0 Å². The number of hydrogen-bond acceptors (Lipinski definition) is 3. The van der Waals surface area contributed by atoms with Gasteiger partial charge in [0.2, 0.25) is 0 Å². The molecule has 128 valence electrons. The lowest BCUT2D eigenvalue weighted by atomic mass is 9.45. The minimum atomic E-state index is 0.269. The van der Waals surface area contributed by atoms with Crippen LogP contribution < -0.4 is 0 Å². The van der Waals surface area contributed by atoms with Crippen LogP contribution in [0, 0.1) is 34.5 Å². The number of nitrogens with zero attached hydrogens (tertiary/aromatic N) is 1. The van der Waals surface area contributed by atoms with Crippen LogP contribution in [-0.4, -0.2) is 18.6 Å². The second kappa shape index (κ2) is 5.32. The van der Waals surface area contributed by atoms with Crippen LogP contribution in [0.25, 0.3) is 0 Å². The zero-order valence-electron chi connectivity index (χ0n) is 14.9. The van der Waals surface area contributed by atoms with Crippen molar-refractivity contribution in [3.8, 4) is 0 Å². The van der Waals surface area contributed by atoms with Gasteiger partial charge in [0.15, 0.2) is 0 Å². The molecule has 0 heterocycles. The van der Waals surface area contributed by atoms with Crippen LogP contribution in [0.1, 0.15) is 71.6 Å². The van der Waals surface area contributed by atoms with Crippen molar-refractivity contribution in [2.24, 2.45) is 39.7 Å². The first-order valence-corrected chi connectivity index (χ1v) is 9.61. The van der Waals surface area contributed by atoms with E-state index < -0.39 is 0 Å². The van der Waals surface area contributed by atoms with Crippen molar-refractivity contribution in [1.82, 2.24) is 0 Å². The summed E-state index contributed by atoms with van der Waals surface area (Å²) in [4.78, 5) is 17.1. The van der Waals surface area contributed by atoms with E-state index in [1.165, 1.54) is 37.8 Å². The van der Waals surface area contributed by atoms with Crippen molar-refractivity contribution >= 4 is 11.5 Å². The molecule has 6 atom stereocenters. The van der Waals surface area contributed by atoms with Crippen molar-refractivity contribution in [1.29, 1.82) is 0 Å². The Morgan fingerprint density at radius 1 is 1.04 bits per heavy atom. The summed E-state index contributed by atoms with van der Waals surface area (Å²) in [6.07, 6.45) is 10.4. The van der Waals surface area contributed by atoms with Crippen LogP contribution in [0.15, 0.2) is 5.16 Å².